The van der Waals surface area contributed by atoms with E-state index in [1.165, 1.54) is 11.3 Å². The summed E-state index contributed by atoms with van der Waals surface area (Å²) in [7, 11) is 0. The standard InChI is InChI=1S/C12H8FNS/c1-7-9-6-11(13)15-12(9)8-4-2-3-5-10(8)14-7/h2-6H,1H3. The van der Waals surface area contributed by atoms with Crippen LogP contribution in [0.3, 0.4) is 0 Å². The highest BCUT2D eigenvalue weighted by Gasteiger charge is 2.08. The number of pyridine rings is 1. The maximum absolute atomic E-state index is 13.2. The van der Waals surface area contributed by atoms with Gasteiger partial charge in [-0.3, -0.25) is 4.98 Å². The van der Waals surface area contributed by atoms with Crippen LogP contribution in [0.2, 0.25) is 0 Å². The molecule has 0 atom stereocenters. The molecule has 0 aliphatic carbocycles. The number of rotatable bonds is 0. The van der Waals surface area contributed by atoms with E-state index >= 15 is 0 Å². The largest absolute Gasteiger partial charge is 0.252 e. The monoisotopic (exact) mass is 217 g/mol. The molecule has 0 aliphatic heterocycles. The lowest BCUT2D eigenvalue weighted by Crippen LogP contribution is -1.83. The fourth-order valence-corrected chi connectivity index (χ4v) is 2.80. The third kappa shape index (κ3) is 1.23. The number of aryl methyl sites for hydroxylation is 1. The van der Waals surface area contributed by atoms with Crippen molar-refractivity contribution in [1.82, 2.24) is 4.98 Å². The minimum atomic E-state index is -0.147. The van der Waals surface area contributed by atoms with Gasteiger partial charge in [0.15, 0.2) is 5.13 Å². The normalized spacial score (nSPS) is 11.3. The van der Waals surface area contributed by atoms with E-state index in [1.54, 1.807) is 6.07 Å². The summed E-state index contributed by atoms with van der Waals surface area (Å²) < 4.78 is 14.2. The van der Waals surface area contributed by atoms with Gasteiger partial charge in [0.2, 0.25) is 0 Å². The van der Waals surface area contributed by atoms with Crippen LogP contribution in [0, 0.1) is 12.1 Å². The first-order chi connectivity index (χ1) is 7.25. The molecule has 0 aliphatic rings. The maximum atomic E-state index is 13.2. The Labute approximate surface area is 90.2 Å². The van der Waals surface area contributed by atoms with Crippen molar-refractivity contribution < 1.29 is 4.39 Å². The molecule has 0 unspecified atom stereocenters. The second-order valence-electron chi connectivity index (χ2n) is 3.51. The van der Waals surface area contributed by atoms with Crippen LogP contribution >= 0.6 is 11.3 Å². The zero-order valence-corrected chi connectivity index (χ0v) is 8.94. The van der Waals surface area contributed by atoms with Crippen molar-refractivity contribution in [3.63, 3.8) is 0 Å². The highest BCUT2D eigenvalue weighted by atomic mass is 32.1. The summed E-state index contributed by atoms with van der Waals surface area (Å²) in [4.78, 5) is 4.46. The van der Waals surface area contributed by atoms with E-state index in [-0.39, 0.29) is 5.13 Å². The molecule has 2 aromatic heterocycles. The molecule has 1 nitrogen and oxygen atoms in total. The average Bonchev–Trinajstić information content (AvgIpc) is 2.61. The smallest absolute Gasteiger partial charge is 0.177 e. The lowest BCUT2D eigenvalue weighted by atomic mass is 10.1. The summed E-state index contributed by atoms with van der Waals surface area (Å²) in [5.74, 6) is 0. The van der Waals surface area contributed by atoms with Gasteiger partial charge in [-0.1, -0.05) is 18.2 Å². The Bertz CT molecular complexity index is 657. The van der Waals surface area contributed by atoms with Crippen LogP contribution in [0.1, 0.15) is 5.69 Å². The van der Waals surface area contributed by atoms with E-state index in [0.717, 1.165) is 26.7 Å². The highest BCUT2D eigenvalue weighted by molar-refractivity contribution is 7.18. The van der Waals surface area contributed by atoms with Crippen LogP contribution in [-0.4, -0.2) is 4.98 Å². The Kier molecular flexibility index (Phi) is 1.76. The zero-order chi connectivity index (χ0) is 10.4. The van der Waals surface area contributed by atoms with Gasteiger partial charge >= 0.3 is 0 Å². The van der Waals surface area contributed by atoms with Gasteiger partial charge in [-0.15, -0.1) is 11.3 Å². The molecule has 0 radical (unpaired) electrons. The van der Waals surface area contributed by atoms with Gasteiger partial charge in [-0.2, -0.15) is 4.39 Å². The van der Waals surface area contributed by atoms with Crippen molar-refractivity contribution >= 4 is 32.3 Å². The Hall–Kier alpha value is -1.48. The molecule has 0 spiro atoms. The van der Waals surface area contributed by atoms with E-state index in [2.05, 4.69) is 4.98 Å². The minimum absolute atomic E-state index is 0.147. The van der Waals surface area contributed by atoms with Crippen LogP contribution in [0.5, 0.6) is 0 Å². The molecule has 0 saturated heterocycles. The summed E-state index contributed by atoms with van der Waals surface area (Å²) in [5.41, 5.74) is 1.83. The predicted molar refractivity (Wildman–Crippen MR) is 61.8 cm³/mol. The average molecular weight is 217 g/mol. The van der Waals surface area contributed by atoms with Gasteiger partial charge in [0.05, 0.1) is 5.52 Å². The molecule has 3 heteroatoms. The third-order valence-corrected chi connectivity index (χ3v) is 3.49. The number of hydrogen-bond acceptors (Lipinski definition) is 2. The van der Waals surface area contributed by atoms with Gasteiger partial charge in [0.1, 0.15) is 0 Å². The molecule has 0 saturated carbocycles. The quantitative estimate of drug-likeness (QED) is 0.556. The summed E-state index contributed by atoms with van der Waals surface area (Å²) >= 11 is 1.19. The number of para-hydroxylation sites is 1. The first-order valence-corrected chi connectivity index (χ1v) is 5.52. The third-order valence-electron chi connectivity index (χ3n) is 2.53. The van der Waals surface area contributed by atoms with Crippen molar-refractivity contribution in [3.8, 4) is 0 Å². The molecule has 0 amide bonds. The topological polar surface area (TPSA) is 12.9 Å². The lowest BCUT2D eigenvalue weighted by Gasteiger charge is -2.00. The molecule has 0 fully saturated rings. The predicted octanol–water partition coefficient (Wildman–Crippen LogP) is 3.90. The summed E-state index contributed by atoms with van der Waals surface area (Å²) in [6.45, 7) is 1.92. The zero-order valence-electron chi connectivity index (χ0n) is 8.12. The summed E-state index contributed by atoms with van der Waals surface area (Å²) in [6, 6.07) is 9.41. The summed E-state index contributed by atoms with van der Waals surface area (Å²) in [6.07, 6.45) is 0. The first-order valence-electron chi connectivity index (χ1n) is 4.70. The molecule has 2 heterocycles. The van der Waals surface area contributed by atoms with Gasteiger partial charge in [0.25, 0.3) is 0 Å². The number of aromatic nitrogens is 1. The number of halogens is 1. The van der Waals surface area contributed by atoms with E-state index in [9.17, 15) is 4.39 Å². The van der Waals surface area contributed by atoms with Crippen LogP contribution in [0.4, 0.5) is 4.39 Å². The lowest BCUT2D eigenvalue weighted by molar-refractivity contribution is 0.658. The van der Waals surface area contributed by atoms with E-state index in [4.69, 9.17) is 0 Å². The minimum Gasteiger partial charge on any atom is -0.252 e. The van der Waals surface area contributed by atoms with Crippen molar-refractivity contribution in [1.29, 1.82) is 0 Å². The number of hydrogen-bond donors (Lipinski definition) is 0. The molecule has 3 rings (SSSR count). The van der Waals surface area contributed by atoms with Crippen molar-refractivity contribution in [2.75, 3.05) is 0 Å². The number of fused-ring (bicyclic) bond motifs is 3. The van der Waals surface area contributed by atoms with Crippen LogP contribution in [0.25, 0.3) is 21.0 Å². The van der Waals surface area contributed by atoms with Gasteiger partial charge in [0, 0.05) is 21.2 Å². The molecule has 1 aromatic carbocycles. The first kappa shape index (κ1) is 8.80. The second kappa shape index (κ2) is 3.00. The highest BCUT2D eigenvalue weighted by Crippen LogP contribution is 2.32. The number of nitrogens with zero attached hydrogens (tertiary/aromatic N) is 1. The molecule has 15 heavy (non-hydrogen) atoms. The van der Waals surface area contributed by atoms with Gasteiger partial charge in [-0.25, -0.2) is 0 Å². The Morgan fingerprint density at radius 2 is 2.00 bits per heavy atom. The number of benzene rings is 1. The molecule has 74 valence electrons. The Balaban J connectivity index is 2.63. The van der Waals surface area contributed by atoms with E-state index in [0.29, 0.717) is 0 Å². The van der Waals surface area contributed by atoms with Crippen molar-refractivity contribution in [3.05, 3.63) is 41.2 Å². The fraction of sp³-hybridized carbons (Fsp3) is 0.0833. The SMILES string of the molecule is Cc1nc2ccccc2c2sc(F)cc12. The van der Waals surface area contributed by atoms with Crippen LogP contribution in [0.15, 0.2) is 30.3 Å². The van der Waals surface area contributed by atoms with Crippen molar-refractivity contribution in [2.45, 2.75) is 6.92 Å². The van der Waals surface area contributed by atoms with Crippen LogP contribution in [-0.2, 0) is 0 Å². The molecule has 0 bridgehead atoms. The van der Waals surface area contributed by atoms with E-state index < -0.39 is 0 Å². The Morgan fingerprint density at radius 1 is 1.20 bits per heavy atom. The van der Waals surface area contributed by atoms with Gasteiger partial charge in [-0.05, 0) is 19.1 Å². The molecule has 3 aromatic rings. The van der Waals surface area contributed by atoms with Crippen molar-refractivity contribution in [2.24, 2.45) is 0 Å². The van der Waals surface area contributed by atoms with Crippen LogP contribution < -0.4 is 0 Å². The molecular formula is C12H8FNS. The molecular weight excluding hydrogens is 209 g/mol. The van der Waals surface area contributed by atoms with E-state index in [1.807, 2.05) is 31.2 Å². The summed E-state index contributed by atoms with van der Waals surface area (Å²) in [5, 5.41) is 1.81. The maximum Gasteiger partial charge on any atom is 0.177 e. The number of thiophene rings is 1. The molecule has 0 N–H and O–H groups in total. The van der Waals surface area contributed by atoms with Gasteiger partial charge < -0.3 is 0 Å². The Morgan fingerprint density at radius 3 is 2.87 bits per heavy atom. The fourth-order valence-electron chi connectivity index (χ4n) is 1.83. The second-order valence-corrected chi connectivity index (χ2v) is 4.51.